The van der Waals surface area contributed by atoms with E-state index in [4.69, 9.17) is 4.74 Å². The van der Waals surface area contributed by atoms with Gasteiger partial charge in [0.1, 0.15) is 5.82 Å². The van der Waals surface area contributed by atoms with Crippen LogP contribution in [0.15, 0.2) is 36.9 Å². The highest BCUT2D eigenvalue weighted by atomic mass is 16.5. The molecule has 0 bridgehead atoms. The second kappa shape index (κ2) is 3.96. The van der Waals surface area contributed by atoms with Crippen LogP contribution in [0.25, 0.3) is 11.4 Å². The maximum atomic E-state index is 5.29. The van der Waals surface area contributed by atoms with Gasteiger partial charge in [-0.15, -0.1) is 0 Å². The molecule has 88 valence electrons. The molecule has 4 heteroatoms. The summed E-state index contributed by atoms with van der Waals surface area (Å²) < 4.78 is 7.47. The van der Waals surface area contributed by atoms with Crippen molar-refractivity contribution in [1.29, 1.82) is 0 Å². The van der Waals surface area contributed by atoms with Crippen molar-refractivity contribution in [3.8, 4) is 11.4 Å². The van der Waals surface area contributed by atoms with Crippen molar-refractivity contribution in [2.45, 2.75) is 13.5 Å². The monoisotopic (exact) mass is 229 g/mol. The summed E-state index contributed by atoms with van der Waals surface area (Å²) in [6.07, 6.45) is 7.48. The van der Waals surface area contributed by atoms with Gasteiger partial charge in [0.05, 0.1) is 13.2 Å². The number of imidazole rings is 1. The summed E-state index contributed by atoms with van der Waals surface area (Å²) >= 11 is 0. The number of rotatable bonds is 3. The molecule has 1 aliphatic rings. The third-order valence-electron chi connectivity index (χ3n) is 3.09. The SMILES string of the molecule is CC1(Cn2ccnc2-c2cccnc2)COC1. The van der Waals surface area contributed by atoms with Crippen molar-refractivity contribution in [2.24, 2.45) is 5.41 Å². The Morgan fingerprint density at radius 2 is 2.29 bits per heavy atom. The van der Waals surface area contributed by atoms with E-state index >= 15 is 0 Å². The Labute approximate surface area is 100 Å². The van der Waals surface area contributed by atoms with Gasteiger partial charge in [0, 0.05) is 42.3 Å². The maximum Gasteiger partial charge on any atom is 0.141 e. The Morgan fingerprint density at radius 1 is 1.41 bits per heavy atom. The van der Waals surface area contributed by atoms with Gasteiger partial charge in [-0.2, -0.15) is 0 Å². The van der Waals surface area contributed by atoms with E-state index in [9.17, 15) is 0 Å². The molecule has 0 N–H and O–H groups in total. The second-order valence-electron chi connectivity index (χ2n) is 4.92. The summed E-state index contributed by atoms with van der Waals surface area (Å²) in [6.45, 7) is 4.84. The lowest BCUT2D eigenvalue weighted by atomic mass is 9.88. The highest BCUT2D eigenvalue weighted by Crippen LogP contribution is 2.30. The van der Waals surface area contributed by atoms with Crippen molar-refractivity contribution in [3.05, 3.63) is 36.9 Å². The largest absolute Gasteiger partial charge is 0.380 e. The highest BCUT2D eigenvalue weighted by molar-refractivity contribution is 5.53. The highest BCUT2D eigenvalue weighted by Gasteiger charge is 2.34. The molecule has 3 rings (SSSR count). The molecule has 3 heterocycles. The molecular formula is C13H15N3O. The lowest BCUT2D eigenvalue weighted by molar-refractivity contribution is -0.109. The smallest absolute Gasteiger partial charge is 0.141 e. The molecule has 1 saturated heterocycles. The number of aromatic nitrogens is 3. The number of ether oxygens (including phenoxy) is 1. The molecule has 0 saturated carbocycles. The predicted octanol–water partition coefficient (Wildman–Crippen LogP) is 1.98. The fraction of sp³-hybridized carbons (Fsp3) is 0.385. The Balaban J connectivity index is 1.89. The van der Waals surface area contributed by atoms with Crippen LogP contribution in [0.1, 0.15) is 6.92 Å². The Bertz CT molecular complexity index is 502. The van der Waals surface area contributed by atoms with E-state index in [1.165, 1.54) is 0 Å². The first-order valence-electron chi connectivity index (χ1n) is 5.76. The summed E-state index contributed by atoms with van der Waals surface area (Å²) in [5.41, 5.74) is 1.30. The standard InChI is InChI=1S/C13H15N3O/c1-13(9-17-10-13)8-16-6-5-15-12(16)11-3-2-4-14-7-11/h2-7H,8-10H2,1H3. The lowest BCUT2D eigenvalue weighted by Crippen LogP contribution is -2.43. The molecule has 0 atom stereocenters. The molecule has 1 fully saturated rings. The normalized spacial score (nSPS) is 17.7. The van der Waals surface area contributed by atoms with Gasteiger partial charge in [-0.1, -0.05) is 6.92 Å². The van der Waals surface area contributed by atoms with Gasteiger partial charge in [0.2, 0.25) is 0 Å². The van der Waals surface area contributed by atoms with Gasteiger partial charge in [-0.05, 0) is 12.1 Å². The van der Waals surface area contributed by atoms with Crippen LogP contribution in [0.3, 0.4) is 0 Å². The van der Waals surface area contributed by atoms with E-state index in [2.05, 4.69) is 21.5 Å². The summed E-state index contributed by atoms with van der Waals surface area (Å²) in [6, 6.07) is 3.97. The molecular weight excluding hydrogens is 214 g/mol. The fourth-order valence-electron chi connectivity index (χ4n) is 2.15. The van der Waals surface area contributed by atoms with Crippen molar-refractivity contribution in [1.82, 2.24) is 14.5 Å². The van der Waals surface area contributed by atoms with E-state index in [0.29, 0.717) is 0 Å². The van der Waals surface area contributed by atoms with Crippen molar-refractivity contribution >= 4 is 0 Å². The van der Waals surface area contributed by atoms with Gasteiger partial charge in [-0.3, -0.25) is 4.98 Å². The van der Waals surface area contributed by atoms with Crippen LogP contribution >= 0.6 is 0 Å². The molecule has 2 aromatic rings. The van der Waals surface area contributed by atoms with Crippen molar-refractivity contribution < 1.29 is 4.74 Å². The number of hydrogen-bond donors (Lipinski definition) is 0. The first-order chi connectivity index (χ1) is 8.27. The van der Waals surface area contributed by atoms with E-state index in [-0.39, 0.29) is 5.41 Å². The average molecular weight is 229 g/mol. The minimum atomic E-state index is 0.248. The zero-order chi connectivity index (χ0) is 11.7. The minimum absolute atomic E-state index is 0.248. The molecule has 1 aliphatic heterocycles. The molecule has 4 nitrogen and oxygen atoms in total. The van der Waals surface area contributed by atoms with Gasteiger partial charge < -0.3 is 9.30 Å². The second-order valence-corrected chi connectivity index (χ2v) is 4.92. The van der Waals surface area contributed by atoms with Crippen LogP contribution in [-0.2, 0) is 11.3 Å². The molecule has 0 aromatic carbocycles. The Kier molecular flexibility index (Phi) is 2.44. The van der Waals surface area contributed by atoms with Gasteiger partial charge in [0.15, 0.2) is 0 Å². The predicted molar refractivity (Wildman–Crippen MR) is 64.4 cm³/mol. The van der Waals surface area contributed by atoms with E-state index in [1.54, 1.807) is 6.20 Å². The van der Waals surface area contributed by atoms with Crippen LogP contribution in [0.2, 0.25) is 0 Å². The molecule has 0 radical (unpaired) electrons. The Morgan fingerprint density at radius 3 is 2.94 bits per heavy atom. The zero-order valence-electron chi connectivity index (χ0n) is 9.84. The molecule has 0 amide bonds. The van der Waals surface area contributed by atoms with Crippen molar-refractivity contribution in [3.63, 3.8) is 0 Å². The summed E-state index contributed by atoms with van der Waals surface area (Å²) in [7, 11) is 0. The first-order valence-corrected chi connectivity index (χ1v) is 5.76. The van der Waals surface area contributed by atoms with Gasteiger partial charge in [0.25, 0.3) is 0 Å². The molecule has 17 heavy (non-hydrogen) atoms. The Hall–Kier alpha value is -1.68. The van der Waals surface area contributed by atoms with E-state index < -0.39 is 0 Å². The van der Waals surface area contributed by atoms with Gasteiger partial charge >= 0.3 is 0 Å². The average Bonchev–Trinajstić information content (AvgIpc) is 2.76. The molecule has 2 aromatic heterocycles. The van der Waals surface area contributed by atoms with E-state index in [1.807, 2.05) is 30.7 Å². The van der Waals surface area contributed by atoms with Crippen LogP contribution in [-0.4, -0.2) is 27.7 Å². The fourth-order valence-corrected chi connectivity index (χ4v) is 2.15. The van der Waals surface area contributed by atoms with Crippen LogP contribution in [0.4, 0.5) is 0 Å². The third-order valence-corrected chi connectivity index (χ3v) is 3.09. The van der Waals surface area contributed by atoms with Gasteiger partial charge in [-0.25, -0.2) is 4.98 Å². The molecule has 0 spiro atoms. The van der Waals surface area contributed by atoms with Crippen LogP contribution in [0.5, 0.6) is 0 Å². The minimum Gasteiger partial charge on any atom is -0.380 e. The zero-order valence-corrected chi connectivity index (χ0v) is 9.84. The number of pyridine rings is 1. The molecule has 0 unspecified atom stereocenters. The summed E-state index contributed by atoms with van der Waals surface area (Å²) in [5.74, 6) is 0.978. The number of hydrogen-bond acceptors (Lipinski definition) is 3. The summed E-state index contributed by atoms with van der Waals surface area (Å²) in [5, 5.41) is 0. The third kappa shape index (κ3) is 1.96. The first kappa shape index (κ1) is 10.5. The molecule has 0 aliphatic carbocycles. The quantitative estimate of drug-likeness (QED) is 0.808. The summed E-state index contributed by atoms with van der Waals surface area (Å²) in [4.78, 5) is 8.55. The van der Waals surface area contributed by atoms with E-state index in [0.717, 1.165) is 31.1 Å². The van der Waals surface area contributed by atoms with Crippen LogP contribution in [0, 0.1) is 5.41 Å². The maximum absolute atomic E-state index is 5.29. The number of nitrogens with zero attached hydrogens (tertiary/aromatic N) is 3. The van der Waals surface area contributed by atoms with Crippen LogP contribution < -0.4 is 0 Å². The topological polar surface area (TPSA) is 39.9 Å². The van der Waals surface area contributed by atoms with Crippen molar-refractivity contribution in [2.75, 3.05) is 13.2 Å². The lowest BCUT2D eigenvalue weighted by Gasteiger charge is -2.38.